The summed E-state index contributed by atoms with van der Waals surface area (Å²) in [7, 11) is 0. The van der Waals surface area contributed by atoms with Crippen molar-refractivity contribution in [1.82, 2.24) is 4.98 Å². The van der Waals surface area contributed by atoms with Crippen LogP contribution >= 0.6 is 0 Å². The van der Waals surface area contributed by atoms with Crippen LogP contribution in [-0.2, 0) is 16.7 Å². The van der Waals surface area contributed by atoms with Gasteiger partial charge in [0.15, 0.2) is 5.78 Å². The zero-order valence-electron chi connectivity index (χ0n) is 15.9. The van der Waals surface area contributed by atoms with E-state index in [4.69, 9.17) is 17.0 Å². The van der Waals surface area contributed by atoms with Gasteiger partial charge >= 0.3 is 0 Å². The van der Waals surface area contributed by atoms with Gasteiger partial charge < -0.3 is 10.5 Å². The molecule has 7 heteroatoms. The molecule has 29 heavy (non-hydrogen) atoms. The Kier molecular flexibility index (Phi) is 4.63. The monoisotopic (exact) mass is 390 g/mol. The minimum Gasteiger partial charge on any atom is -0.431 e. The SMILES string of the molecule is [C-]#[N+]c1ccc(C(=O)Cc2ccc(F)c([C@@]3(C)N=C(N)OC4=CCCC43)c2)nc1. The minimum absolute atomic E-state index is 0.0156. The van der Waals surface area contributed by atoms with Crippen LogP contribution in [-0.4, -0.2) is 16.8 Å². The molecule has 0 spiro atoms. The topological polar surface area (TPSA) is 81.9 Å². The van der Waals surface area contributed by atoms with Gasteiger partial charge in [-0.05, 0) is 49.6 Å². The maximum absolute atomic E-state index is 14.8. The number of ether oxygens (including phenoxy) is 1. The highest BCUT2D eigenvalue weighted by molar-refractivity contribution is 5.96. The van der Waals surface area contributed by atoms with Gasteiger partial charge in [0.2, 0.25) is 5.69 Å². The molecule has 1 aliphatic carbocycles. The Morgan fingerprint density at radius 1 is 1.41 bits per heavy atom. The molecular formula is C22H19FN4O2. The molecular weight excluding hydrogens is 371 g/mol. The Balaban J connectivity index is 1.66. The molecule has 0 bridgehead atoms. The number of pyridine rings is 1. The van der Waals surface area contributed by atoms with E-state index in [0.29, 0.717) is 16.8 Å². The van der Waals surface area contributed by atoms with E-state index in [2.05, 4.69) is 14.8 Å². The molecule has 6 nitrogen and oxygen atoms in total. The molecule has 1 aliphatic heterocycles. The number of hydrogen-bond donors (Lipinski definition) is 1. The Morgan fingerprint density at radius 3 is 2.97 bits per heavy atom. The highest BCUT2D eigenvalue weighted by Gasteiger charge is 2.46. The normalized spacial score (nSPS) is 22.7. The quantitative estimate of drug-likeness (QED) is 0.631. The van der Waals surface area contributed by atoms with Crippen LogP contribution in [0.3, 0.4) is 0 Å². The highest BCUT2D eigenvalue weighted by atomic mass is 19.1. The van der Waals surface area contributed by atoms with Gasteiger partial charge in [0.1, 0.15) is 22.8 Å². The predicted octanol–water partition coefficient (Wildman–Crippen LogP) is 4.05. The number of benzene rings is 1. The number of rotatable bonds is 4. The van der Waals surface area contributed by atoms with Gasteiger partial charge in [-0.2, -0.15) is 0 Å². The first kappa shape index (κ1) is 18.8. The third-order valence-corrected chi connectivity index (χ3v) is 5.49. The molecule has 1 unspecified atom stereocenters. The number of aliphatic imine (C=N–C) groups is 1. The number of amidine groups is 1. The summed E-state index contributed by atoms with van der Waals surface area (Å²) in [5, 5.41) is 0. The second-order valence-electron chi connectivity index (χ2n) is 7.36. The van der Waals surface area contributed by atoms with Crippen LogP contribution in [0.25, 0.3) is 4.85 Å². The van der Waals surface area contributed by atoms with E-state index in [1.807, 2.05) is 13.0 Å². The van der Waals surface area contributed by atoms with Crippen molar-refractivity contribution in [3.63, 3.8) is 0 Å². The van der Waals surface area contributed by atoms with Crippen molar-refractivity contribution < 1.29 is 13.9 Å². The molecule has 0 fully saturated rings. The van der Waals surface area contributed by atoms with Gasteiger partial charge in [-0.25, -0.2) is 14.2 Å². The number of fused-ring (bicyclic) bond motifs is 1. The van der Waals surface area contributed by atoms with E-state index >= 15 is 0 Å². The second kappa shape index (κ2) is 7.13. The number of carbonyl (C=O) groups excluding carboxylic acids is 1. The van der Waals surface area contributed by atoms with Crippen molar-refractivity contribution in [3.8, 4) is 0 Å². The lowest BCUT2D eigenvalue weighted by Gasteiger charge is -2.37. The van der Waals surface area contributed by atoms with E-state index in [9.17, 15) is 9.18 Å². The number of nitrogens with zero attached hydrogens (tertiary/aromatic N) is 3. The number of allylic oxidation sites excluding steroid dienone is 1. The van der Waals surface area contributed by atoms with Crippen LogP contribution in [0.5, 0.6) is 0 Å². The first-order valence-corrected chi connectivity index (χ1v) is 9.29. The van der Waals surface area contributed by atoms with Gasteiger partial charge in [-0.15, -0.1) is 0 Å². The fraction of sp³-hybridized carbons (Fsp3) is 0.273. The van der Waals surface area contributed by atoms with Gasteiger partial charge in [0.25, 0.3) is 6.02 Å². The average Bonchev–Trinajstić information content (AvgIpc) is 3.18. The molecule has 2 aromatic rings. The van der Waals surface area contributed by atoms with Crippen LogP contribution in [0.2, 0.25) is 0 Å². The number of carbonyl (C=O) groups is 1. The average molecular weight is 390 g/mol. The van der Waals surface area contributed by atoms with Gasteiger partial charge in [0.05, 0.1) is 6.57 Å². The summed E-state index contributed by atoms with van der Waals surface area (Å²) >= 11 is 0. The lowest BCUT2D eigenvalue weighted by molar-refractivity contribution is 0.0988. The molecule has 0 saturated heterocycles. The van der Waals surface area contributed by atoms with Crippen LogP contribution in [0.15, 0.2) is 53.4 Å². The van der Waals surface area contributed by atoms with Crippen LogP contribution in [0.1, 0.15) is 41.4 Å². The van der Waals surface area contributed by atoms with Crippen LogP contribution in [0, 0.1) is 18.3 Å². The summed E-state index contributed by atoms with van der Waals surface area (Å²) in [6.07, 6.45) is 5.02. The smallest absolute Gasteiger partial charge is 0.288 e. The molecule has 146 valence electrons. The highest BCUT2D eigenvalue weighted by Crippen LogP contribution is 2.47. The zero-order chi connectivity index (χ0) is 20.6. The van der Waals surface area contributed by atoms with Crippen LogP contribution < -0.4 is 5.73 Å². The number of Topliss-reactive ketones (excluding diaryl/α,β-unsaturated/α-hetero) is 1. The molecule has 1 aromatic heterocycles. The summed E-state index contributed by atoms with van der Waals surface area (Å²) in [4.78, 5) is 24.3. The first-order valence-electron chi connectivity index (χ1n) is 9.29. The maximum atomic E-state index is 14.8. The predicted molar refractivity (Wildman–Crippen MR) is 106 cm³/mol. The molecule has 2 heterocycles. The van der Waals surface area contributed by atoms with Crippen molar-refractivity contribution in [3.05, 3.63) is 82.4 Å². The number of ketones is 1. The standard InChI is InChI=1S/C22H19FN4O2/c1-22(15-4-3-5-20(15)29-21(24)27-22)16-10-13(6-8-17(16)23)11-19(28)18-9-7-14(25-2)12-26-18/h5-10,12,15H,3-4,11H2,1H3,(H2,24,27)/t15?,22-/m0/s1. The fourth-order valence-electron chi connectivity index (χ4n) is 4.01. The molecule has 4 rings (SSSR count). The lowest BCUT2D eigenvalue weighted by Crippen LogP contribution is -2.39. The van der Waals surface area contributed by atoms with E-state index in [1.54, 1.807) is 18.2 Å². The third kappa shape index (κ3) is 3.38. The zero-order valence-corrected chi connectivity index (χ0v) is 15.9. The maximum Gasteiger partial charge on any atom is 0.288 e. The molecule has 2 aliphatic rings. The van der Waals surface area contributed by atoms with Crippen molar-refractivity contribution in [2.75, 3.05) is 0 Å². The fourth-order valence-corrected chi connectivity index (χ4v) is 4.01. The number of hydrogen-bond acceptors (Lipinski definition) is 5. The molecule has 2 atom stereocenters. The molecule has 2 N–H and O–H groups in total. The Hall–Kier alpha value is -3.53. The lowest BCUT2D eigenvalue weighted by atomic mass is 9.77. The van der Waals surface area contributed by atoms with E-state index in [1.165, 1.54) is 18.3 Å². The van der Waals surface area contributed by atoms with Gasteiger partial charge in [0, 0.05) is 24.1 Å². The summed E-state index contributed by atoms with van der Waals surface area (Å²) in [5.74, 6) is 0.0247. The Labute approximate surface area is 167 Å². The van der Waals surface area contributed by atoms with Gasteiger partial charge in [-0.3, -0.25) is 9.78 Å². The van der Waals surface area contributed by atoms with E-state index in [-0.39, 0.29) is 29.8 Å². The molecule has 0 amide bonds. The van der Waals surface area contributed by atoms with E-state index in [0.717, 1.165) is 18.6 Å². The second-order valence-corrected chi connectivity index (χ2v) is 7.36. The number of halogens is 1. The van der Waals surface area contributed by atoms with Crippen LogP contribution in [0.4, 0.5) is 10.1 Å². The van der Waals surface area contributed by atoms with Crippen molar-refractivity contribution in [2.45, 2.75) is 31.7 Å². The van der Waals surface area contributed by atoms with Crippen molar-refractivity contribution in [2.24, 2.45) is 16.6 Å². The van der Waals surface area contributed by atoms with Gasteiger partial charge in [-0.1, -0.05) is 12.1 Å². The first-order chi connectivity index (χ1) is 13.9. The van der Waals surface area contributed by atoms with Crippen molar-refractivity contribution in [1.29, 1.82) is 0 Å². The Bertz CT molecular complexity index is 1080. The minimum atomic E-state index is -0.899. The summed E-state index contributed by atoms with van der Waals surface area (Å²) in [6.45, 7) is 8.81. The molecule has 1 aromatic carbocycles. The van der Waals surface area contributed by atoms with E-state index < -0.39 is 11.4 Å². The Morgan fingerprint density at radius 2 is 2.24 bits per heavy atom. The largest absolute Gasteiger partial charge is 0.431 e. The summed E-state index contributed by atoms with van der Waals surface area (Å²) in [5.41, 5.74) is 6.64. The summed E-state index contributed by atoms with van der Waals surface area (Å²) in [6, 6.07) is 7.72. The third-order valence-electron chi connectivity index (χ3n) is 5.49. The molecule has 0 saturated carbocycles. The number of aromatic nitrogens is 1. The van der Waals surface area contributed by atoms with Crippen molar-refractivity contribution >= 4 is 17.5 Å². The number of nitrogens with two attached hydrogens (primary N) is 1. The summed E-state index contributed by atoms with van der Waals surface area (Å²) < 4.78 is 20.4. The molecule has 0 radical (unpaired) electrons.